The van der Waals surface area contributed by atoms with Crippen LogP contribution in [0.5, 0.6) is 0 Å². The van der Waals surface area contributed by atoms with E-state index < -0.39 is 5.43 Å². The summed E-state index contributed by atoms with van der Waals surface area (Å²) in [4.78, 5) is 55.2. The van der Waals surface area contributed by atoms with Crippen LogP contribution in [0.3, 0.4) is 0 Å². The highest BCUT2D eigenvalue weighted by molar-refractivity contribution is 5.57. The van der Waals surface area contributed by atoms with Gasteiger partial charge >= 0.3 is 0 Å². The van der Waals surface area contributed by atoms with Crippen LogP contribution >= 0.6 is 0 Å². The van der Waals surface area contributed by atoms with E-state index in [1.54, 1.807) is 6.92 Å². The largest absolute Gasteiger partial charge is 0.371 e. The molecule has 8 heteroatoms. The van der Waals surface area contributed by atoms with Gasteiger partial charge in [-0.2, -0.15) is 0 Å². The number of nitrogens with zero attached hydrogens (tertiary/aromatic N) is 4. The molecule has 0 radical (unpaired) electrons. The lowest BCUT2D eigenvalue weighted by molar-refractivity contribution is 0.279. The SMILES string of the molecule is CCN(C)CCCCN(CCCN(CC)CCCCN(C)c1cc(=O)c1=O)c1c(C)c(=O)c1=O. The van der Waals surface area contributed by atoms with E-state index in [0.29, 0.717) is 16.9 Å². The van der Waals surface area contributed by atoms with Crippen molar-refractivity contribution >= 4 is 11.4 Å². The highest BCUT2D eigenvalue weighted by Crippen LogP contribution is 2.15. The lowest BCUT2D eigenvalue weighted by Gasteiger charge is -2.29. The predicted molar refractivity (Wildman–Crippen MR) is 141 cm³/mol. The monoisotopic (exact) mass is 474 g/mol. The molecule has 0 aliphatic carbocycles. The van der Waals surface area contributed by atoms with Gasteiger partial charge in [0.1, 0.15) is 0 Å². The quantitative estimate of drug-likeness (QED) is 0.237. The molecule has 0 heterocycles. The van der Waals surface area contributed by atoms with Crippen molar-refractivity contribution < 1.29 is 0 Å². The zero-order valence-electron chi connectivity index (χ0n) is 21.7. The third-order valence-corrected chi connectivity index (χ3v) is 6.89. The summed E-state index contributed by atoms with van der Waals surface area (Å²) >= 11 is 0. The van der Waals surface area contributed by atoms with Crippen molar-refractivity contribution in [1.29, 1.82) is 0 Å². The van der Waals surface area contributed by atoms with Gasteiger partial charge in [-0.25, -0.2) is 0 Å². The molecular weight excluding hydrogens is 432 g/mol. The van der Waals surface area contributed by atoms with Crippen LogP contribution in [0.2, 0.25) is 0 Å². The molecule has 2 aromatic carbocycles. The van der Waals surface area contributed by atoms with Gasteiger partial charge in [0, 0.05) is 38.3 Å². The van der Waals surface area contributed by atoms with Crippen LogP contribution in [0.25, 0.3) is 0 Å². The molecular formula is C26H42N4O4. The lowest BCUT2D eigenvalue weighted by atomic mass is 10.1. The Bertz CT molecular complexity index is 1030. The number of hydrogen-bond donors (Lipinski definition) is 0. The smallest absolute Gasteiger partial charge is 0.249 e. The Labute approximate surface area is 203 Å². The van der Waals surface area contributed by atoms with Crippen LogP contribution in [-0.2, 0) is 0 Å². The standard InChI is InChI=1S/C26H42N4O4/c1-6-27(4)13-8-11-17-30(23-20(3)24(32)26(23)34)18-12-16-29(7-2)15-10-9-14-28(5)21-19-22(31)25(21)33/h19H,6-18H2,1-5H3. The van der Waals surface area contributed by atoms with Gasteiger partial charge in [-0.05, 0) is 78.8 Å². The Morgan fingerprint density at radius 1 is 0.676 bits per heavy atom. The van der Waals surface area contributed by atoms with Crippen molar-refractivity contribution in [2.75, 3.05) is 76.3 Å². The first kappa shape index (κ1) is 27.9. The molecule has 0 unspecified atom stereocenters. The van der Waals surface area contributed by atoms with Gasteiger partial charge in [-0.15, -0.1) is 0 Å². The third-order valence-electron chi connectivity index (χ3n) is 6.89. The Morgan fingerprint density at radius 2 is 1.26 bits per heavy atom. The molecule has 8 nitrogen and oxygen atoms in total. The zero-order valence-corrected chi connectivity index (χ0v) is 21.7. The second-order valence-corrected chi connectivity index (χ2v) is 9.36. The minimum Gasteiger partial charge on any atom is -0.371 e. The molecule has 0 N–H and O–H groups in total. The lowest BCUT2D eigenvalue weighted by Crippen LogP contribution is -2.44. The molecule has 0 aliphatic rings. The van der Waals surface area contributed by atoms with Crippen LogP contribution < -0.4 is 31.5 Å². The average molecular weight is 475 g/mol. The summed E-state index contributed by atoms with van der Waals surface area (Å²) in [6, 6.07) is 1.41. The zero-order chi connectivity index (χ0) is 25.3. The van der Waals surface area contributed by atoms with Gasteiger partial charge in [-0.3, -0.25) is 19.2 Å². The minimum absolute atomic E-state index is 0.332. The molecule has 0 saturated heterocycles. The van der Waals surface area contributed by atoms with Gasteiger partial charge in [-0.1, -0.05) is 13.8 Å². The summed E-state index contributed by atoms with van der Waals surface area (Å²) in [5, 5.41) is 0. The van der Waals surface area contributed by atoms with E-state index in [-0.39, 0.29) is 16.3 Å². The first-order valence-corrected chi connectivity index (χ1v) is 12.7. The number of hydrogen-bond acceptors (Lipinski definition) is 8. The molecule has 0 aliphatic heterocycles. The molecule has 0 aromatic heterocycles. The maximum absolute atomic E-state index is 12.2. The van der Waals surface area contributed by atoms with E-state index in [1.807, 2.05) is 11.9 Å². The molecule has 0 amide bonds. The fourth-order valence-corrected chi connectivity index (χ4v) is 4.36. The Hall–Kier alpha value is -2.32. The second kappa shape index (κ2) is 13.5. The fourth-order valence-electron chi connectivity index (χ4n) is 4.36. The first-order chi connectivity index (χ1) is 16.2. The van der Waals surface area contributed by atoms with E-state index >= 15 is 0 Å². The Kier molecular flexibility index (Phi) is 11.1. The highest BCUT2D eigenvalue weighted by Gasteiger charge is 2.22. The van der Waals surface area contributed by atoms with Crippen molar-refractivity contribution in [2.45, 2.75) is 52.9 Å². The molecule has 2 aromatic rings. The summed E-state index contributed by atoms with van der Waals surface area (Å²) in [7, 11) is 3.97. The molecule has 2 rings (SSSR count). The molecule has 0 fully saturated rings. The summed E-state index contributed by atoms with van der Waals surface area (Å²) in [5.74, 6) is 0. The first-order valence-electron chi connectivity index (χ1n) is 12.7. The van der Waals surface area contributed by atoms with Gasteiger partial charge in [0.05, 0.1) is 11.4 Å². The van der Waals surface area contributed by atoms with Crippen molar-refractivity contribution in [3.63, 3.8) is 0 Å². The third kappa shape index (κ3) is 7.34. The summed E-state index contributed by atoms with van der Waals surface area (Å²) in [6.07, 6.45) is 4.97. The van der Waals surface area contributed by atoms with Crippen LogP contribution in [-0.4, -0.2) is 76.3 Å². The number of unbranched alkanes of at least 4 members (excludes halogenated alkanes) is 2. The molecule has 0 atom stereocenters. The van der Waals surface area contributed by atoms with Crippen LogP contribution in [0.1, 0.15) is 51.5 Å². The van der Waals surface area contributed by atoms with Gasteiger partial charge < -0.3 is 19.6 Å². The number of rotatable bonds is 18. The molecule has 190 valence electrons. The maximum atomic E-state index is 12.2. The van der Waals surface area contributed by atoms with Crippen LogP contribution in [0.4, 0.5) is 11.4 Å². The normalized spacial score (nSPS) is 11.9. The summed E-state index contributed by atoms with van der Waals surface area (Å²) in [6.45, 7) is 13.3. The topological polar surface area (TPSA) is 81.2 Å². The predicted octanol–water partition coefficient (Wildman–Crippen LogP) is 1.35. The van der Waals surface area contributed by atoms with Gasteiger partial charge in [0.15, 0.2) is 0 Å². The van der Waals surface area contributed by atoms with Crippen molar-refractivity contribution in [1.82, 2.24) is 9.80 Å². The molecule has 0 spiro atoms. The maximum Gasteiger partial charge on any atom is 0.249 e. The highest BCUT2D eigenvalue weighted by atomic mass is 16.2. The Morgan fingerprint density at radius 3 is 1.85 bits per heavy atom. The van der Waals surface area contributed by atoms with E-state index in [0.717, 1.165) is 84.5 Å². The number of anilines is 2. The van der Waals surface area contributed by atoms with Crippen LogP contribution in [0, 0.1) is 6.92 Å². The minimum atomic E-state index is -0.403. The average Bonchev–Trinajstić information content (AvgIpc) is 2.84. The van der Waals surface area contributed by atoms with Crippen LogP contribution in [0.15, 0.2) is 25.2 Å². The van der Waals surface area contributed by atoms with E-state index in [1.165, 1.54) is 6.07 Å². The van der Waals surface area contributed by atoms with E-state index in [2.05, 4.69) is 35.6 Å². The van der Waals surface area contributed by atoms with Gasteiger partial charge in [0.25, 0.3) is 0 Å². The van der Waals surface area contributed by atoms with Crippen molar-refractivity contribution in [3.8, 4) is 0 Å². The summed E-state index contributed by atoms with van der Waals surface area (Å²) in [5.41, 5.74) is 0.299. The van der Waals surface area contributed by atoms with Crippen molar-refractivity contribution in [2.24, 2.45) is 0 Å². The second-order valence-electron chi connectivity index (χ2n) is 9.36. The Balaban J connectivity index is 1.76. The summed E-state index contributed by atoms with van der Waals surface area (Å²) < 4.78 is 0. The molecule has 0 saturated carbocycles. The van der Waals surface area contributed by atoms with Crippen molar-refractivity contribution in [3.05, 3.63) is 52.5 Å². The molecule has 34 heavy (non-hydrogen) atoms. The van der Waals surface area contributed by atoms with E-state index in [4.69, 9.17) is 0 Å². The van der Waals surface area contributed by atoms with E-state index in [9.17, 15) is 19.2 Å². The fraction of sp³-hybridized carbons (Fsp3) is 0.692. The van der Waals surface area contributed by atoms with Gasteiger partial charge in [0.2, 0.25) is 21.7 Å². The molecule has 0 bridgehead atoms.